The summed E-state index contributed by atoms with van der Waals surface area (Å²) in [5, 5.41) is 49.6. The van der Waals surface area contributed by atoms with Crippen LogP contribution in [0.25, 0.3) is 0 Å². The van der Waals surface area contributed by atoms with Gasteiger partial charge in [-0.3, -0.25) is 43.6 Å². The number of hydrogen-bond donors (Lipinski definition) is 13. The van der Waals surface area contributed by atoms with E-state index in [1.165, 1.54) is 29.7 Å². The Bertz CT molecular complexity index is 1750. The number of aliphatic hydroxyl groups excluding tert-OH is 1. The molecule has 23 heteroatoms. The number of aromatic hydroxyl groups is 1. The summed E-state index contributed by atoms with van der Waals surface area (Å²) in [6, 6.07) is 1.95. The number of carbonyl (C=O) groups is 9. The number of hydrogen-bond acceptors (Lipinski definition) is 13. The zero-order chi connectivity index (χ0) is 46.5. The number of aliphatic hydroxyl groups is 1. The Morgan fingerprint density at radius 1 is 0.794 bits per heavy atom. The first-order valence-electron chi connectivity index (χ1n) is 21.0. The standard InChI is InChI=1S/C40H62N10O12S/c1-22(2)15-24(17-32(54)50-62)37(58)46-27(16-23-10-12-25(52)13-11-23)39(60)47-28(20-51)38(59)44-18-33(55)43-19-34(56)45-26(36(41)57)7-5-6-14-42-31(53)9-4-3-8-30-35-29(21-63-30)48-40(61)49-35/h10-13,22,24,26-30,35,51-52,62H,3-9,14-21H2,1-2H3,(H2,41,57)(H,42,53)(H,43,55)(H,44,59)(H,45,56)(H,46,58)(H,47,60)(H,50,54)(H2,48,49,61)/t24?,26-,27-,28-,29-,30-,35-/m0/s1. The van der Waals surface area contributed by atoms with Crippen LogP contribution >= 0.6 is 11.8 Å². The molecule has 7 atom stereocenters. The highest BCUT2D eigenvalue weighted by molar-refractivity contribution is 8.00. The van der Waals surface area contributed by atoms with Crippen molar-refractivity contribution in [3.63, 3.8) is 0 Å². The zero-order valence-electron chi connectivity index (χ0n) is 35.5. The maximum atomic E-state index is 13.5. The third kappa shape index (κ3) is 18.7. The molecular formula is C40H62N10O12S. The molecule has 1 aromatic rings. The van der Waals surface area contributed by atoms with E-state index >= 15 is 0 Å². The summed E-state index contributed by atoms with van der Waals surface area (Å²) < 4.78 is 0. The number of phenols is 1. The Labute approximate surface area is 369 Å². The lowest BCUT2D eigenvalue weighted by molar-refractivity contribution is -0.137. The highest BCUT2D eigenvalue weighted by Gasteiger charge is 2.42. The maximum absolute atomic E-state index is 13.5. The normalized spacial score (nSPS) is 18.3. The third-order valence-electron chi connectivity index (χ3n) is 10.4. The number of urea groups is 1. The van der Waals surface area contributed by atoms with Crippen molar-refractivity contribution >= 4 is 65.1 Å². The van der Waals surface area contributed by atoms with E-state index in [0.29, 0.717) is 43.0 Å². The van der Waals surface area contributed by atoms with Crippen molar-refractivity contribution in [2.75, 3.05) is 32.0 Å². The lowest BCUT2D eigenvalue weighted by Crippen LogP contribution is -2.57. The van der Waals surface area contributed by atoms with Gasteiger partial charge >= 0.3 is 6.03 Å². The largest absolute Gasteiger partial charge is 0.508 e. The number of amides is 10. The van der Waals surface area contributed by atoms with Gasteiger partial charge < -0.3 is 58.5 Å². The second-order valence-electron chi connectivity index (χ2n) is 16.0. The molecule has 0 radical (unpaired) electrons. The van der Waals surface area contributed by atoms with Crippen molar-refractivity contribution in [2.24, 2.45) is 17.6 Å². The third-order valence-corrected chi connectivity index (χ3v) is 11.9. The monoisotopic (exact) mass is 906 g/mol. The molecule has 2 heterocycles. The predicted molar refractivity (Wildman–Crippen MR) is 228 cm³/mol. The van der Waals surface area contributed by atoms with Gasteiger partial charge in [0, 0.05) is 42.7 Å². The average molecular weight is 907 g/mol. The lowest BCUT2D eigenvalue weighted by Gasteiger charge is -2.25. The molecule has 0 saturated carbocycles. The minimum absolute atomic E-state index is 0.0403. The molecule has 0 aromatic heterocycles. The zero-order valence-corrected chi connectivity index (χ0v) is 36.4. The van der Waals surface area contributed by atoms with Gasteiger partial charge in [-0.1, -0.05) is 32.4 Å². The van der Waals surface area contributed by atoms with Gasteiger partial charge in [0.05, 0.1) is 31.8 Å². The summed E-state index contributed by atoms with van der Waals surface area (Å²) in [6.45, 7) is 1.86. The number of carbonyl (C=O) groups excluding carboxylic acids is 9. The van der Waals surface area contributed by atoms with Crippen LogP contribution in [0, 0.1) is 11.8 Å². The number of phenolic OH excluding ortho intramolecular Hbond substituents is 1. The molecule has 2 aliphatic rings. The van der Waals surface area contributed by atoms with Crippen LogP contribution in [0.1, 0.15) is 77.2 Å². The van der Waals surface area contributed by atoms with Crippen molar-refractivity contribution in [1.82, 2.24) is 48.0 Å². The lowest BCUT2D eigenvalue weighted by atomic mass is 9.92. The van der Waals surface area contributed by atoms with E-state index in [9.17, 15) is 53.4 Å². The van der Waals surface area contributed by atoms with Gasteiger partial charge in [0.25, 0.3) is 0 Å². The van der Waals surface area contributed by atoms with E-state index < -0.39 is 85.1 Å². The van der Waals surface area contributed by atoms with Gasteiger partial charge in [0.15, 0.2) is 0 Å². The highest BCUT2D eigenvalue weighted by Crippen LogP contribution is 2.33. The summed E-state index contributed by atoms with van der Waals surface area (Å²) in [4.78, 5) is 112. The molecule has 2 aliphatic heterocycles. The molecule has 10 amide bonds. The SMILES string of the molecule is CC(C)CC(CC(=O)NO)C(=O)N[C@@H](Cc1ccc(O)cc1)C(=O)N[C@@H](CO)C(=O)NCC(=O)NCC(=O)N[C@@H](CCCCNC(=O)CCCC[C@@H]1SC[C@@H]2NC(=O)N[C@@H]21)C(N)=O. The van der Waals surface area contributed by atoms with Crippen LogP contribution in [0.15, 0.2) is 24.3 Å². The Balaban J connectivity index is 1.38. The molecule has 0 spiro atoms. The fraction of sp³-hybridized carbons (Fsp3) is 0.625. The molecule has 350 valence electrons. The van der Waals surface area contributed by atoms with Gasteiger partial charge in [0.1, 0.15) is 23.9 Å². The molecule has 63 heavy (non-hydrogen) atoms. The maximum Gasteiger partial charge on any atom is 0.315 e. The van der Waals surface area contributed by atoms with Crippen molar-refractivity contribution in [3.8, 4) is 5.75 Å². The van der Waals surface area contributed by atoms with Crippen LogP contribution in [-0.4, -0.2) is 136 Å². The summed E-state index contributed by atoms with van der Waals surface area (Å²) in [7, 11) is 0. The number of hydroxylamine groups is 1. The Kier molecular flexibility index (Phi) is 21.9. The average Bonchev–Trinajstić information content (AvgIpc) is 3.80. The first-order chi connectivity index (χ1) is 30.0. The minimum Gasteiger partial charge on any atom is -0.508 e. The Morgan fingerprint density at radius 3 is 2.16 bits per heavy atom. The molecule has 14 N–H and O–H groups in total. The second-order valence-corrected chi connectivity index (χ2v) is 17.2. The molecule has 0 aliphatic carbocycles. The second kappa shape index (κ2) is 26.7. The van der Waals surface area contributed by atoms with E-state index in [0.717, 1.165) is 18.6 Å². The molecule has 2 fully saturated rings. The summed E-state index contributed by atoms with van der Waals surface area (Å²) in [5.74, 6) is -5.95. The number of nitrogens with two attached hydrogens (primary N) is 1. The smallest absolute Gasteiger partial charge is 0.315 e. The van der Waals surface area contributed by atoms with E-state index in [-0.39, 0.29) is 61.4 Å². The number of benzene rings is 1. The van der Waals surface area contributed by atoms with Crippen LogP contribution in [0.3, 0.4) is 0 Å². The van der Waals surface area contributed by atoms with Gasteiger partial charge in [-0.05, 0) is 62.1 Å². The predicted octanol–water partition coefficient (Wildman–Crippen LogP) is -2.33. The van der Waals surface area contributed by atoms with Gasteiger partial charge in [0.2, 0.25) is 47.3 Å². The van der Waals surface area contributed by atoms with Crippen LogP contribution < -0.4 is 53.7 Å². The summed E-state index contributed by atoms with van der Waals surface area (Å²) in [5.41, 5.74) is 7.45. The Morgan fingerprint density at radius 2 is 1.49 bits per heavy atom. The molecule has 1 unspecified atom stereocenters. The van der Waals surface area contributed by atoms with Crippen molar-refractivity contribution < 1.29 is 58.6 Å². The molecule has 3 rings (SSSR count). The number of fused-ring (bicyclic) bond motifs is 1. The fourth-order valence-corrected chi connectivity index (χ4v) is 8.62. The van der Waals surface area contributed by atoms with E-state index in [4.69, 9.17) is 10.9 Å². The first-order valence-corrected chi connectivity index (χ1v) is 22.0. The number of primary amides is 1. The topological polar surface area (TPSA) is 349 Å². The fourth-order valence-electron chi connectivity index (χ4n) is 7.08. The van der Waals surface area contributed by atoms with Crippen LogP contribution in [-0.2, 0) is 44.8 Å². The molecule has 0 bridgehead atoms. The number of nitrogens with one attached hydrogen (secondary N) is 9. The van der Waals surface area contributed by atoms with Gasteiger partial charge in [-0.15, -0.1) is 0 Å². The van der Waals surface area contributed by atoms with Gasteiger partial charge in [-0.2, -0.15) is 11.8 Å². The quantitative estimate of drug-likeness (QED) is 0.0182. The van der Waals surface area contributed by atoms with E-state index in [2.05, 4.69) is 42.5 Å². The summed E-state index contributed by atoms with van der Waals surface area (Å²) >= 11 is 1.83. The Hall–Kier alpha value is -5.68. The van der Waals surface area contributed by atoms with Crippen LogP contribution in [0.5, 0.6) is 5.75 Å². The first kappa shape index (κ1) is 51.7. The van der Waals surface area contributed by atoms with E-state index in [1.54, 1.807) is 0 Å². The molecule has 1 aromatic carbocycles. The molecular weight excluding hydrogens is 845 g/mol. The van der Waals surface area contributed by atoms with Crippen molar-refractivity contribution in [2.45, 2.75) is 114 Å². The molecule has 2 saturated heterocycles. The van der Waals surface area contributed by atoms with E-state index in [1.807, 2.05) is 25.6 Å². The van der Waals surface area contributed by atoms with Crippen LogP contribution in [0.2, 0.25) is 0 Å². The van der Waals surface area contributed by atoms with Crippen molar-refractivity contribution in [3.05, 3.63) is 29.8 Å². The summed E-state index contributed by atoms with van der Waals surface area (Å²) in [6.07, 6.45) is 3.73. The van der Waals surface area contributed by atoms with Gasteiger partial charge in [-0.25, -0.2) is 10.3 Å². The number of thioether (sulfide) groups is 1. The number of rotatable bonds is 28. The molecule has 22 nitrogen and oxygen atoms in total. The highest BCUT2D eigenvalue weighted by atomic mass is 32.2. The minimum atomic E-state index is -1.58. The number of unbranched alkanes of at least 4 members (excludes halogenated alkanes) is 2. The van der Waals surface area contributed by atoms with Crippen molar-refractivity contribution in [1.29, 1.82) is 0 Å². The van der Waals surface area contributed by atoms with Crippen LogP contribution in [0.4, 0.5) is 4.79 Å².